The van der Waals surface area contributed by atoms with Crippen LogP contribution in [0.3, 0.4) is 0 Å². The number of hydrogen-bond donors (Lipinski definition) is 0. The number of non-ortho nitro benzene ring substituents is 1. The molecule has 3 rings (SSSR count). The second-order valence-electron chi connectivity index (χ2n) is 6.04. The van der Waals surface area contributed by atoms with Gasteiger partial charge >= 0.3 is 0 Å². The minimum atomic E-state index is -0.495. The van der Waals surface area contributed by atoms with Gasteiger partial charge in [-0.15, -0.1) is 0 Å². The number of nitriles is 1. The van der Waals surface area contributed by atoms with E-state index in [4.69, 9.17) is 27.9 Å². The van der Waals surface area contributed by atoms with Crippen molar-refractivity contribution in [2.75, 3.05) is 0 Å². The minimum Gasteiger partial charge on any atom is -0.488 e. The van der Waals surface area contributed by atoms with Gasteiger partial charge in [-0.3, -0.25) is 10.1 Å². The van der Waals surface area contributed by atoms with Crippen molar-refractivity contribution in [2.24, 2.45) is 0 Å². The molecule has 0 heterocycles. The molecule has 0 aliphatic carbocycles. The fourth-order valence-electron chi connectivity index (χ4n) is 2.65. The smallest absolute Gasteiger partial charge is 0.270 e. The highest BCUT2D eigenvalue weighted by atomic mass is 35.5. The van der Waals surface area contributed by atoms with E-state index in [2.05, 4.69) is 6.07 Å². The lowest BCUT2D eigenvalue weighted by molar-refractivity contribution is -0.384. The van der Waals surface area contributed by atoms with Gasteiger partial charge in [-0.2, -0.15) is 5.26 Å². The van der Waals surface area contributed by atoms with Gasteiger partial charge in [0.15, 0.2) is 0 Å². The van der Waals surface area contributed by atoms with Crippen LogP contribution in [-0.4, -0.2) is 4.92 Å². The zero-order valence-electron chi connectivity index (χ0n) is 15.0. The van der Waals surface area contributed by atoms with Crippen molar-refractivity contribution < 1.29 is 9.66 Å². The second-order valence-corrected chi connectivity index (χ2v) is 6.88. The molecule has 0 saturated carbocycles. The Hall–Kier alpha value is -3.33. The standard InChI is InChI=1S/C22H14Cl2N2O3/c23-19-9-8-17(21(24)12-19)14-29-22-7-2-1-4-16(22)10-18(13-25)15-5-3-6-20(11-15)26(27)28/h1-12H,14H2/b18-10-. The van der Waals surface area contributed by atoms with E-state index in [0.29, 0.717) is 26.9 Å². The highest BCUT2D eigenvalue weighted by Gasteiger charge is 2.11. The Kier molecular flexibility index (Phi) is 6.50. The van der Waals surface area contributed by atoms with Gasteiger partial charge in [0.1, 0.15) is 12.4 Å². The highest BCUT2D eigenvalue weighted by Crippen LogP contribution is 2.28. The van der Waals surface area contributed by atoms with Crippen LogP contribution in [0.1, 0.15) is 16.7 Å². The highest BCUT2D eigenvalue weighted by molar-refractivity contribution is 6.35. The van der Waals surface area contributed by atoms with Crippen LogP contribution in [0.5, 0.6) is 5.75 Å². The molecule has 29 heavy (non-hydrogen) atoms. The summed E-state index contributed by atoms with van der Waals surface area (Å²) in [5.41, 5.74) is 2.10. The third-order valence-electron chi connectivity index (χ3n) is 4.11. The van der Waals surface area contributed by atoms with Gasteiger partial charge in [-0.25, -0.2) is 0 Å². The summed E-state index contributed by atoms with van der Waals surface area (Å²) >= 11 is 12.1. The van der Waals surface area contributed by atoms with Crippen LogP contribution in [0, 0.1) is 21.4 Å². The first-order valence-corrected chi connectivity index (χ1v) is 9.26. The molecular weight excluding hydrogens is 411 g/mol. The van der Waals surface area contributed by atoms with Crippen molar-refractivity contribution in [1.82, 2.24) is 0 Å². The van der Waals surface area contributed by atoms with E-state index in [9.17, 15) is 15.4 Å². The predicted molar refractivity (Wildman–Crippen MR) is 114 cm³/mol. The van der Waals surface area contributed by atoms with Crippen molar-refractivity contribution in [3.05, 3.63) is 104 Å². The number of rotatable bonds is 6. The van der Waals surface area contributed by atoms with Crippen LogP contribution in [0.4, 0.5) is 5.69 Å². The molecule has 3 aromatic rings. The zero-order valence-corrected chi connectivity index (χ0v) is 16.5. The quantitative estimate of drug-likeness (QED) is 0.194. The third kappa shape index (κ3) is 5.14. The van der Waals surface area contributed by atoms with E-state index in [1.165, 1.54) is 12.1 Å². The molecule has 0 aliphatic rings. The van der Waals surface area contributed by atoms with Crippen molar-refractivity contribution in [3.8, 4) is 11.8 Å². The molecule has 5 nitrogen and oxygen atoms in total. The van der Waals surface area contributed by atoms with Gasteiger partial charge in [-0.1, -0.05) is 59.6 Å². The maximum absolute atomic E-state index is 11.0. The van der Waals surface area contributed by atoms with E-state index in [1.54, 1.807) is 48.5 Å². The normalized spacial score (nSPS) is 11.0. The van der Waals surface area contributed by atoms with Crippen LogP contribution in [0.15, 0.2) is 66.7 Å². The Morgan fingerprint density at radius 3 is 2.62 bits per heavy atom. The van der Waals surface area contributed by atoms with Crippen molar-refractivity contribution in [3.63, 3.8) is 0 Å². The fourth-order valence-corrected chi connectivity index (χ4v) is 3.11. The SMILES string of the molecule is N#C/C(=C/c1ccccc1OCc1ccc(Cl)cc1Cl)c1cccc([N+](=O)[O-])c1. The molecule has 0 fully saturated rings. The molecule has 7 heteroatoms. The monoisotopic (exact) mass is 424 g/mol. The summed E-state index contributed by atoms with van der Waals surface area (Å²) < 4.78 is 5.90. The third-order valence-corrected chi connectivity index (χ3v) is 4.69. The lowest BCUT2D eigenvalue weighted by atomic mass is 10.0. The zero-order chi connectivity index (χ0) is 20.8. The summed E-state index contributed by atoms with van der Waals surface area (Å²) in [6, 6.07) is 20.4. The molecular formula is C22H14Cl2N2O3. The first kappa shape index (κ1) is 20.4. The van der Waals surface area contributed by atoms with E-state index in [-0.39, 0.29) is 17.9 Å². The molecule has 144 valence electrons. The number of ether oxygens (including phenoxy) is 1. The summed E-state index contributed by atoms with van der Waals surface area (Å²) in [5.74, 6) is 0.552. The molecule has 0 saturated heterocycles. The average molecular weight is 425 g/mol. The van der Waals surface area contributed by atoms with Crippen molar-refractivity contribution in [1.29, 1.82) is 5.26 Å². The molecule has 0 aliphatic heterocycles. The number of benzene rings is 3. The van der Waals surface area contributed by atoms with Crippen molar-refractivity contribution >= 4 is 40.5 Å². The predicted octanol–water partition coefficient (Wildman–Crippen LogP) is 6.54. The summed E-state index contributed by atoms with van der Waals surface area (Å²) in [4.78, 5) is 10.5. The van der Waals surface area contributed by atoms with Gasteiger partial charge in [-0.05, 0) is 29.8 Å². The van der Waals surface area contributed by atoms with Crippen LogP contribution in [-0.2, 0) is 6.61 Å². The number of hydrogen-bond acceptors (Lipinski definition) is 4. The Morgan fingerprint density at radius 2 is 1.90 bits per heavy atom. The topological polar surface area (TPSA) is 76.2 Å². The van der Waals surface area contributed by atoms with E-state index in [0.717, 1.165) is 5.56 Å². The molecule has 0 atom stereocenters. The number of para-hydroxylation sites is 1. The maximum atomic E-state index is 11.0. The lowest BCUT2D eigenvalue weighted by Gasteiger charge is -2.11. The Balaban J connectivity index is 1.90. The van der Waals surface area contributed by atoms with Crippen LogP contribution < -0.4 is 4.74 Å². The number of allylic oxidation sites excluding steroid dienone is 1. The Morgan fingerprint density at radius 1 is 1.10 bits per heavy atom. The number of nitro groups is 1. The van der Waals surface area contributed by atoms with E-state index >= 15 is 0 Å². The van der Waals surface area contributed by atoms with Crippen LogP contribution in [0.25, 0.3) is 11.6 Å². The molecule has 0 bridgehead atoms. The molecule has 3 aromatic carbocycles. The molecule has 0 amide bonds. The molecule has 0 N–H and O–H groups in total. The summed E-state index contributed by atoms with van der Waals surface area (Å²) in [6.45, 7) is 0.222. The number of nitro benzene ring substituents is 1. The van der Waals surface area contributed by atoms with E-state index < -0.39 is 4.92 Å². The first-order valence-electron chi connectivity index (χ1n) is 8.50. The Bertz CT molecular complexity index is 1140. The average Bonchev–Trinajstić information content (AvgIpc) is 2.72. The fraction of sp³-hybridized carbons (Fsp3) is 0.0455. The summed E-state index contributed by atoms with van der Waals surface area (Å²) in [6.07, 6.45) is 1.64. The Labute approximate surface area is 177 Å². The van der Waals surface area contributed by atoms with E-state index in [1.807, 2.05) is 12.1 Å². The minimum absolute atomic E-state index is 0.0782. The van der Waals surface area contributed by atoms with Gasteiger partial charge in [0.25, 0.3) is 5.69 Å². The maximum Gasteiger partial charge on any atom is 0.270 e. The van der Waals surface area contributed by atoms with Gasteiger partial charge in [0.2, 0.25) is 0 Å². The van der Waals surface area contributed by atoms with Crippen molar-refractivity contribution in [2.45, 2.75) is 6.61 Å². The molecule has 0 unspecified atom stereocenters. The first-order chi connectivity index (χ1) is 14.0. The number of halogens is 2. The van der Waals surface area contributed by atoms with Gasteiger partial charge in [0.05, 0.1) is 16.6 Å². The van der Waals surface area contributed by atoms with Crippen LogP contribution in [0.2, 0.25) is 10.0 Å². The summed E-state index contributed by atoms with van der Waals surface area (Å²) in [7, 11) is 0. The van der Waals surface area contributed by atoms with Gasteiger partial charge < -0.3 is 4.74 Å². The van der Waals surface area contributed by atoms with Gasteiger partial charge in [0, 0.05) is 33.3 Å². The number of nitrogens with zero attached hydrogens (tertiary/aromatic N) is 2. The van der Waals surface area contributed by atoms with Crippen LogP contribution >= 0.6 is 23.2 Å². The second kappa shape index (κ2) is 9.24. The molecule has 0 spiro atoms. The summed E-state index contributed by atoms with van der Waals surface area (Å²) in [5, 5.41) is 21.6. The molecule has 0 radical (unpaired) electrons. The molecule has 0 aromatic heterocycles. The lowest BCUT2D eigenvalue weighted by Crippen LogP contribution is -1.98. The largest absolute Gasteiger partial charge is 0.488 e.